The molecule has 1 N–H and O–H groups in total. The van der Waals surface area contributed by atoms with E-state index >= 15 is 0 Å². The normalized spacial score (nSPS) is 12.9. The molecule has 7 heteroatoms. The van der Waals surface area contributed by atoms with Gasteiger partial charge in [0, 0.05) is 0 Å². The molecule has 1 atom stereocenters. The number of hydrogen-bond acceptors (Lipinski definition) is 4. The predicted octanol–water partition coefficient (Wildman–Crippen LogP) is 2.68. The van der Waals surface area contributed by atoms with E-state index in [4.69, 9.17) is 11.6 Å². The SMILES string of the molecule is CC(CS(=O)(=O)Nc1cncc(Cl)n1)c1ccccc1. The molecule has 20 heavy (non-hydrogen) atoms. The number of halogens is 1. The van der Waals surface area contributed by atoms with E-state index in [2.05, 4.69) is 14.7 Å². The summed E-state index contributed by atoms with van der Waals surface area (Å²) < 4.78 is 26.5. The van der Waals surface area contributed by atoms with Crippen molar-refractivity contribution in [3.63, 3.8) is 0 Å². The first-order valence-electron chi connectivity index (χ1n) is 5.99. The van der Waals surface area contributed by atoms with Crippen molar-refractivity contribution in [2.75, 3.05) is 10.5 Å². The van der Waals surface area contributed by atoms with Crippen molar-refractivity contribution in [3.8, 4) is 0 Å². The zero-order valence-corrected chi connectivity index (χ0v) is 12.4. The van der Waals surface area contributed by atoms with Gasteiger partial charge in [-0.05, 0) is 11.5 Å². The van der Waals surface area contributed by atoms with Gasteiger partial charge < -0.3 is 0 Å². The largest absolute Gasteiger partial charge is 0.266 e. The van der Waals surface area contributed by atoms with Crippen molar-refractivity contribution in [3.05, 3.63) is 53.4 Å². The van der Waals surface area contributed by atoms with Crippen LogP contribution in [0, 0.1) is 0 Å². The van der Waals surface area contributed by atoms with Crippen molar-refractivity contribution in [2.45, 2.75) is 12.8 Å². The maximum atomic E-state index is 12.1. The van der Waals surface area contributed by atoms with Gasteiger partial charge in [-0.1, -0.05) is 48.9 Å². The third-order valence-electron chi connectivity index (χ3n) is 2.70. The van der Waals surface area contributed by atoms with Gasteiger partial charge in [0.15, 0.2) is 5.82 Å². The first kappa shape index (κ1) is 14.7. The fourth-order valence-corrected chi connectivity index (χ4v) is 3.30. The van der Waals surface area contributed by atoms with Gasteiger partial charge in [0.05, 0.1) is 18.1 Å². The highest BCUT2D eigenvalue weighted by Crippen LogP contribution is 2.18. The van der Waals surface area contributed by atoms with Gasteiger partial charge in [-0.3, -0.25) is 9.71 Å². The lowest BCUT2D eigenvalue weighted by molar-refractivity contribution is 0.595. The van der Waals surface area contributed by atoms with E-state index in [0.29, 0.717) is 0 Å². The number of benzene rings is 1. The van der Waals surface area contributed by atoms with E-state index in [9.17, 15) is 8.42 Å². The highest BCUT2D eigenvalue weighted by atomic mass is 35.5. The Morgan fingerprint density at radius 2 is 1.95 bits per heavy atom. The first-order chi connectivity index (χ1) is 9.46. The van der Waals surface area contributed by atoms with Crippen LogP contribution in [0.25, 0.3) is 0 Å². The molecule has 1 aromatic heterocycles. The first-order valence-corrected chi connectivity index (χ1v) is 8.02. The van der Waals surface area contributed by atoms with Gasteiger partial charge in [-0.15, -0.1) is 0 Å². The van der Waals surface area contributed by atoms with E-state index in [1.54, 1.807) is 0 Å². The molecule has 0 saturated carbocycles. The Morgan fingerprint density at radius 1 is 1.25 bits per heavy atom. The summed E-state index contributed by atoms with van der Waals surface area (Å²) in [6.07, 6.45) is 2.66. The van der Waals surface area contributed by atoms with E-state index in [1.165, 1.54) is 12.4 Å². The Balaban J connectivity index is 2.08. The van der Waals surface area contributed by atoms with Crippen molar-refractivity contribution in [2.24, 2.45) is 0 Å². The second-order valence-corrected chi connectivity index (χ2v) is 6.58. The van der Waals surface area contributed by atoms with Crippen molar-refractivity contribution in [1.82, 2.24) is 9.97 Å². The molecule has 0 saturated heterocycles. The van der Waals surface area contributed by atoms with Crippen LogP contribution in [-0.4, -0.2) is 24.1 Å². The van der Waals surface area contributed by atoms with E-state index < -0.39 is 10.0 Å². The van der Waals surface area contributed by atoms with Gasteiger partial charge in [0.2, 0.25) is 10.0 Å². The Kier molecular flexibility index (Phi) is 4.57. The summed E-state index contributed by atoms with van der Waals surface area (Å²) in [5, 5.41) is 0.140. The van der Waals surface area contributed by atoms with Crippen LogP contribution in [0.3, 0.4) is 0 Å². The molecule has 2 rings (SSSR count). The second-order valence-electron chi connectivity index (χ2n) is 4.42. The second kappa shape index (κ2) is 6.19. The summed E-state index contributed by atoms with van der Waals surface area (Å²) in [6.45, 7) is 1.86. The lowest BCUT2D eigenvalue weighted by atomic mass is 10.0. The molecule has 1 heterocycles. The summed E-state index contributed by atoms with van der Waals surface area (Å²) in [7, 11) is -3.51. The average molecular weight is 312 g/mol. The molecule has 0 amide bonds. The Morgan fingerprint density at radius 3 is 2.60 bits per heavy atom. The number of nitrogens with one attached hydrogen (secondary N) is 1. The standard InChI is InChI=1S/C13H14ClN3O2S/c1-10(11-5-3-2-4-6-11)9-20(18,19)17-13-8-15-7-12(14)16-13/h2-8,10H,9H2,1H3,(H,16,17). The fourth-order valence-electron chi connectivity index (χ4n) is 1.80. The van der Waals surface area contributed by atoms with Gasteiger partial charge in [0.1, 0.15) is 5.15 Å². The lowest BCUT2D eigenvalue weighted by Crippen LogP contribution is -2.21. The minimum absolute atomic E-state index is 0.0365. The number of sulfonamides is 1. The highest BCUT2D eigenvalue weighted by Gasteiger charge is 2.17. The van der Waals surface area contributed by atoms with Crippen molar-refractivity contribution < 1.29 is 8.42 Å². The van der Waals surface area contributed by atoms with Gasteiger partial charge in [0.25, 0.3) is 0 Å². The molecule has 1 unspecified atom stereocenters. The zero-order valence-electron chi connectivity index (χ0n) is 10.8. The number of aromatic nitrogens is 2. The van der Waals surface area contributed by atoms with Crippen molar-refractivity contribution >= 4 is 27.4 Å². The lowest BCUT2D eigenvalue weighted by Gasteiger charge is -2.13. The summed E-state index contributed by atoms with van der Waals surface area (Å²) in [5.74, 6) is -0.0378. The van der Waals surface area contributed by atoms with Gasteiger partial charge in [-0.25, -0.2) is 13.4 Å². The Hall–Kier alpha value is -1.66. The number of rotatable bonds is 5. The average Bonchev–Trinajstić information content (AvgIpc) is 2.38. The molecular weight excluding hydrogens is 298 g/mol. The monoisotopic (exact) mass is 311 g/mol. The van der Waals surface area contributed by atoms with Crippen LogP contribution >= 0.6 is 11.6 Å². The van der Waals surface area contributed by atoms with E-state index in [1.807, 2.05) is 37.3 Å². The van der Waals surface area contributed by atoms with Crippen LogP contribution in [0.1, 0.15) is 18.4 Å². The summed E-state index contributed by atoms with van der Waals surface area (Å²) in [4.78, 5) is 7.64. The van der Waals surface area contributed by atoms with Gasteiger partial charge >= 0.3 is 0 Å². The predicted molar refractivity (Wildman–Crippen MR) is 79.3 cm³/mol. The Bertz CT molecular complexity index is 677. The molecule has 0 spiro atoms. The molecular formula is C13H14ClN3O2S. The van der Waals surface area contributed by atoms with E-state index in [-0.39, 0.29) is 22.6 Å². The van der Waals surface area contributed by atoms with Gasteiger partial charge in [-0.2, -0.15) is 0 Å². The number of nitrogens with zero attached hydrogens (tertiary/aromatic N) is 2. The van der Waals surface area contributed by atoms with E-state index in [0.717, 1.165) is 5.56 Å². The fraction of sp³-hybridized carbons (Fsp3) is 0.231. The van der Waals surface area contributed by atoms with Crippen LogP contribution in [-0.2, 0) is 10.0 Å². The summed E-state index contributed by atoms with van der Waals surface area (Å²) in [6, 6.07) is 9.46. The third kappa shape index (κ3) is 4.18. The minimum atomic E-state index is -3.51. The number of hydrogen-bond donors (Lipinski definition) is 1. The van der Waals surface area contributed by atoms with Crippen LogP contribution in [0.4, 0.5) is 5.82 Å². The molecule has 2 aromatic rings. The molecule has 1 aromatic carbocycles. The third-order valence-corrected chi connectivity index (χ3v) is 4.34. The zero-order chi connectivity index (χ0) is 14.6. The summed E-state index contributed by atoms with van der Waals surface area (Å²) >= 11 is 5.67. The number of anilines is 1. The maximum Gasteiger partial charge on any atom is 0.234 e. The van der Waals surface area contributed by atoms with Crippen LogP contribution in [0.5, 0.6) is 0 Å². The highest BCUT2D eigenvalue weighted by molar-refractivity contribution is 7.92. The quantitative estimate of drug-likeness (QED) is 0.921. The van der Waals surface area contributed by atoms with Crippen LogP contribution in [0.15, 0.2) is 42.7 Å². The van der Waals surface area contributed by atoms with Crippen molar-refractivity contribution in [1.29, 1.82) is 0 Å². The summed E-state index contributed by atoms with van der Waals surface area (Å²) in [5.41, 5.74) is 0.968. The van der Waals surface area contributed by atoms with Crippen LogP contribution < -0.4 is 4.72 Å². The van der Waals surface area contributed by atoms with Crippen LogP contribution in [0.2, 0.25) is 5.15 Å². The topological polar surface area (TPSA) is 72.0 Å². The Labute approximate surface area is 123 Å². The molecule has 0 aliphatic heterocycles. The maximum absolute atomic E-state index is 12.1. The minimum Gasteiger partial charge on any atom is -0.266 e. The molecule has 106 valence electrons. The smallest absolute Gasteiger partial charge is 0.234 e. The molecule has 0 radical (unpaired) electrons. The molecule has 0 aliphatic rings. The molecule has 5 nitrogen and oxygen atoms in total. The molecule has 0 fully saturated rings. The molecule has 0 aliphatic carbocycles. The molecule has 0 bridgehead atoms.